The SMILES string of the molecule is Nc1cc(C(F)(F)F)c(Br)cc1NC1CCNCC1. The van der Waals surface area contributed by atoms with Crippen molar-refractivity contribution in [2.24, 2.45) is 0 Å². The Labute approximate surface area is 117 Å². The number of alkyl halides is 3. The van der Waals surface area contributed by atoms with Crippen LogP contribution in [0.5, 0.6) is 0 Å². The molecule has 0 amide bonds. The van der Waals surface area contributed by atoms with E-state index in [4.69, 9.17) is 5.73 Å². The Morgan fingerprint density at radius 3 is 2.47 bits per heavy atom. The lowest BCUT2D eigenvalue weighted by Crippen LogP contribution is -2.35. The fourth-order valence-corrected chi connectivity index (χ4v) is 2.69. The lowest BCUT2D eigenvalue weighted by Gasteiger charge is -2.26. The number of anilines is 2. The van der Waals surface area contributed by atoms with E-state index in [1.54, 1.807) is 0 Å². The molecule has 2 rings (SSSR count). The van der Waals surface area contributed by atoms with Crippen LogP contribution in [0.25, 0.3) is 0 Å². The molecule has 1 aliphatic heterocycles. The van der Waals surface area contributed by atoms with Crippen molar-refractivity contribution in [1.29, 1.82) is 0 Å². The average molecular weight is 338 g/mol. The molecule has 106 valence electrons. The van der Waals surface area contributed by atoms with Crippen LogP contribution in [0.3, 0.4) is 0 Å². The zero-order valence-electron chi connectivity index (χ0n) is 10.1. The van der Waals surface area contributed by atoms with Crippen LogP contribution in [0.2, 0.25) is 0 Å². The molecule has 1 saturated heterocycles. The van der Waals surface area contributed by atoms with Crippen LogP contribution in [-0.4, -0.2) is 19.1 Å². The summed E-state index contributed by atoms with van der Waals surface area (Å²) in [7, 11) is 0. The molecule has 1 heterocycles. The maximum absolute atomic E-state index is 12.7. The van der Waals surface area contributed by atoms with Crippen LogP contribution in [0.15, 0.2) is 16.6 Å². The van der Waals surface area contributed by atoms with Crippen molar-refractivity contribution in [3.8, 4) is 0 Å². The van der Waals surface area contributed by atoms with Crippen LogP contribution in [0.4, 0.5) is 24.5 Å². The van der Waals surface area contributed by atoms with Gasteiger partial charge in [0.2, 0.25) is 0 Å². The summed E-state index contributed by atoms with van der Waals surface area (Å²) in [5, 5.41) is 6.43. The van der Waals surface area contributed by atoms with E-state index in [-0.39, 0.29) is 16.2 Å². The van der Waals surface area contributed by atoms with Gasteiger partial charge in [0.15, 0.2) is 0 Å². The number of nitrogens with two attached hydrogens (primary N) is 1. The van der Waals surface area contributed by atoms with Crippen molar-refractivity contribution in [3.63, 3.8) is 0 Å². The van der Waals surface area contributed by atoms with Crippen LogP contribution >= 0.6 is 15.9 Å². The van der Waals surface area contributed by atoms with E-state index < -0.39 is 11.7 Å². The minimum absolute atomic E-state index is 0.00522. The van der Waals surface area contributed by atoms with E-state index in [1.807, 2.05) is 0 Å². The molecule has 7 heteroatoms. The molecule has 1 aromatic rings. The van der Waals surface area contributed by atoms with Gasteiger partial charge in [0.05, 0.1) is 16.9 Å². The summed E-state index contributed by atoms with van der Waals surface area (Å²) in [4.78, 5) is 0. The maximum atomic E-state index is 12.7. The van der Waals surface area contributed by atoms with E-state index in [0.29, 0.717) is 5.69 Å². The Morgan fingerprint density at radius 2 is 1.89 bits per heavy atom. The molecule has 19 heavy (non-hydrogen) atoms. The lowest BCUT2D eigenvalue weighted by molar-refractivity contribution is -0.138. The summed E-state index contributed by atoms with van der Waals surface area (Å²) in [6.45, 7) is 1.80. The molecule has 0 saturated carbocycles. The van der Waals surface area contributed by atoms with Crippen molar-refractivity contribution in [2.45, 2.75) is 25.1 Å². The van der Waals surface area contributed by atoms with Crippen LogP contribution < -0.4 is 16.4 Å². The molecule has 4 N–H and O–H groups in total. The second-order valence-corrected chi connectivity index (χ2v) is 5.44. The first-order valence-electron chi connectivity index (χ1n) is 6.01. The monoisotopic (exact) mass is 337 g/mol. The van der Waals surface area contributed by atoms with Gasteiger partial charge in [0.1, 0.15) is 0 Å². The van der Waals surface area contributed by atoms with E-state index >= 15 is 0 Å². The minimum Gasteiger partial charge on any atom is -0.397 e. The number of hydrogen-bond acceptors (Lipinski definition) is 3. The zero-order chi connectivity index (χ0) is 14.0. The highest BCUT2D eigenvalue weighted by Gasteiger charge is 2.33. The van der Waals surface area contributed by atoms with Crippen molar-refractivity contribution in [1.82, 2.24) is 5.32 Å². The molecule has 1 aromatic carbocycles. The molecule has 0 aliphatic carbocycles. The van der Waals surface area contributed by atoms with Gasteiger partial charge in [0.25, 0.3) is 0 Å². The number of benzene rings is 1. The van der Waals surface area contributed by atoms with Crippen LogP contribution in [0, 0.1) is 0 Å². The number of nitrogen functional groups attached to an aromatic ring is 1. The summed E-state index contributed by atoms with van der Waals surface area (Å²) < 4.78 is 38.1. The molecule has 0 spiro atoms. The number of hydrogen-bond donors (Lipinski definition) is 3. The maximum Gasteiger partial charge on any atom is 0.417 e. The molecular formula is C12H15BrF3N3. The van der Waals surface area contributed by atoms with Crippen molar-refractivity contribution in [3.05, 3.63) is 22.2 Å². The predicted molar refractivity (Wildman–Crippen MR) is 73.1 cm³/mol. The fraction of sp³-hybridized carbons (Fsp3) is 0.500. The van der Waals surface area contributed by atoms with E-state index in [9.17, 15) is 13.2 Å². The number of piperidine rings is 1. The Balaban J connectivity index is 2.20. The molecule has 0 unspecified atom stereocenters. The normalized spacial score (nSPS) is 17.5. The van der Waals surface area contributed by atoms with E-state index in [1.165, 1.54) is 6.07 Å². The molecule has 3 nitrogen and oxygen atoms in total. The van der Waals surface area contributed by atoms with Crippen LogP contribution in [0.1, 0.15) is 18.4 Å². The average Bonchev–Trinajstić information content (AvgIpc) is 2.33. The minimum atomic E-state index is -4.40. The first kappa shape index (κ1) is 14.5. The molecular weight excluding hydrogens is 323 g/mol. The second-order valence-electron chi connectivity index (χ2n) is 4.59. The van der Waals surface area contributed by atoms with Gasteiger partial charge in [-0.15, -0.1) is 0 Å². The van der Waals surface area contributed by atoms with Gasteiger partial charge in [0, 0.05) is 10.5 Å². The Kier molecular flexibility index (Phi) is 4.25. The summed E-state index contributed by atoms with van der Waals surface area (Å²) in [5.74, 6) is 0. The largest absolute Gasteiger partial charge is 0.417 e. The second kappa shape index (κ2) is 5.58. The smallest absolute Gasteiger partial charge is 0.397 e. The molecule has 1 aliphatic rings. The summed E-state index contributed by atoms with van der Waals surface area (Å²) in [6, 6.07) is 2.61. The summed E-state index contributed by atoms with van der Waals surface area (Å²) in [5.41, 5.74) is 5.62. The van der Waals surface area contributed by atoms with E-state index in [2.05, 4.69) is 26.6 Å². The lowest BCUT2D eigenvalue weighted by atomic mass is 10.1. The van der Waals surface area contributed by atoms with E-state index in [0.717, 1.165) is 32.0 Å². The number of halogens is 4. The molecule has 0 atom stereocenters. The van der Waals surface area contributed by atoms with Crippen LogP contribution in [-0.2, 0) is 6.18 Å². The Hall–Kier alpha value is -0.950. The highest BCUT2D eigenvalue weighted by atomic mass is 79.9. The standard InChI is InChI=1S/C12H15BrF3N3/c13-9-6-11(19-7-1-3-18-4-2-7)10(17)5-8(9)12(14,15)16/h5-7,18-19H,1-4,17H2. The van der Waals surface area contributed by atoms with Crippen molar-refractivity contribution < 1.29 is 13.2 Å². The highest BCUT2D eigenvalue weighted by molar-refractivity contribution is 9.10. The summed E-state index contributed by atoms with van der Waals surface area (Å²) in [6.07, 6.45) is -2.55. The Bertz CT molecular complexity index is 456. The third-order valence-electron chi connectivity index (χ3n) is 3.14. The van der Waals surface area contributed by atoms with Gasteiger partial charge < -0.3 is 16.4 Å². The Morgan fingerprint density at radius 1 is 1.26 bits per heavy atom. The van der Waals surface area contributed by atoms with Gasteiger partial charge in [-0.1, -0.05) is 15.9 Å². The van der Waals surface area contributed by atoms with Gasteiger partial charge in [-0.2, -0.15) is 13.2 Å². The molecule has 1 fully saturated rings. The van der Waals surface area contributed by atoms with Gasteiger partial charge in [-0.25, -0.2) is 0 Å². The van der Waals surface area contributed by atoms with Gasteiger partial charge in [-0.05, 0) is 38.1 Å². The summed E-state index contributed by atoms with van der Waals surface area (Å²) >= 11 is 2.95. The molecule has 0 bridgehead atoms. The first-order chi connectivity index (χ1) is 8.88. The molecule has 0 radical (unpaired) electrons. The quantitative estimate of drug-likeness (QED) is 0.726. The topological polar surface area (TPSA) is 50.1 Å². The highest BCUT2D eigenvalue weighted by Crippen LogP contribution is 2.39. The van der Waals surface area contributed by atoms with Gasteiger partial charge >= 0.3 is 6.18 Å². The first-order valence-corrected chi connectivity index (χ1v) is 6.80. The predicted octanol–water partition coefficient (Wildman–Crippen LogP) is 3.21. The van der Waals surface area contributed by atoms with Crippen molar-refractivity contribution in [2.75, 3.05) is 24.1 Å². The third kappa shape index (κ3) is 3.54. The fourth-order valence-electron chi connectivity index (χ4n) is 2.12. The van der Waals surface area contributed by atoms with Gasteiger partial charge in [-0.3, -0.25) is 0 Å². The zero-order valence-corrected chi connectivity index (χ0v) is 11.7. The van der Waals surface area contributed by atoms with Crippen molar-refractivity contribution >= 4 is 27.3 Å². The number of nitrogens with one attached hydrogen (secondary N) is 2. The third-order valence-corrected chi connectivity index (χ3v) is 3.80. The molecule has 0 aromatic heterocycles. The number of rotatable bonds is 2.